The SMILES string of the molecule is Cl.OC(CN1CCCCC1)(c1ccccc1)c1ccccc1Cl. The van der Waals surface area contributed by atoms with Crippen molar-refractivity contribution in [3.05, 3.63) is 70.7 Å². The molecule has 1 fully saturated rings. The number of halogens is 2. The smallest absolute Gasteiger partial charge is 0.129 e. The van der Waals surface area contributed by atoms with E-state index >= 15 is 0 Å². The second kappa shape index (κ2) is 8.16. The molecule has 0 bridgehead atoms. The lowest BCUT2D eigenvalue weighted by molar-refractivity contribution is 0.0294. The number of likely N-dealkylation sites (tertiary alicyclic amines) is 1. The van der Waals surface area contributed by atoms with E-state index in [0.29, 0.717) is 11.6 Å². The topological polar surface area (TPSA) is 23.5 Å². The fourth-order valence-corrected chi connectivity index (χ4v) is 3.58. The average molecular weight is 352 g/mol. The number of nitrogens with zero attached hydrogens (tertiary/aromatic N) is 1. The highest BCUT2D eigenvalue weighted by atomic mass is 35.5. The normalized spacial score (nSPS) is 18.0. The minimum absolute atomic E-state index is 0. The van der Waals surface area contributed by atoms with E-state index in [4.69, 9.17) is 11.6 Å². The molecule has 0 saturated carbocycles. The van der Waals surface area contributed by atoms with Crippen molar-refractivity contribution in [3.8, 4) is 0 Å². The molecule has 0 amide bonds. The van der Waals surface area contributed by atoms with Gasteiger partial charge in [0.1, 0.15) is 5.60 Å². The molecule has 1 N–H and O–H groups in total. The molecule has 0 spiro atoms. The molecule has 1 aliphatic rings. The minimum atomic E-state index is -1.07. The van der Waals surface area contributed by atoms with Crippen LogP contribution in [-0.4, -0.2) is 29.6 Å². The zero-order chi connectivity index (χ0) is 15.4. The van der Waals surface area contributed by atoms with Crippen LogP contribution in [0.2, 0.25) is 5.02 Å². The van der Waals surface area contributed by atoms with Gasteiger partial charge in [-0.05, 0) is 37.6 Å². The predicted molar refractivity (Wildman–Crippen MR) is 98.4 cm³/mol. The zero-order valence-electron chi connectivity index (χ0n) is 13.1. The van der Waals surface area contributed by atoms with Crippen LogP contribution in [0.15, 0.2) is 54.6 Å². The van der Waals surface area contributed by atoms with E-state index in [1.54, 1.807) is 0 Å². The van der Waals surface area contributed by atoms with Gasteiger partial charge in [-0.2, -0.15) is 0 Å². The van der Waals surface area contributed by atoms with Crippen molar-refractivity contribution < 1.29 is 5.11 Å². The Morgan fingerprint density at radius 1 is 0.913 bits per heavy atom. The second-order valence-corrected chi connectivity index (χ2v) is 6.45. The third-order valence-electron chi connectivity index (χ3n) is 4.47. The average Bonchev–Trinajstić information content (AvgIpc) is 2.57. The number of aliphatic hydroxyl groups is 1. The molecule has 124 valence electrons. The fraction of sp³-hybridized carbons (Fsp3) is 0.368. The molecule has 1 atom stereocenters. The summed E-state index contributed by atoms with van der Waals surface area (Å²) in [6, 6.07) is 17.5. The Morgan fingerprint density at radius 2 is 1.52 bits per heavy atom. The van der Waals surface area contributed by atoms with E-state index in [1.165, 1.54) is 19.3 Å². The van der Waals surface area contributed by atoms with Crippen LogP contribution < -0.4 is 0 Å². The first-order chi connectivity index (χ1) is 10.7. The van der Waals surface area contributed by atoms with Crippen LogP contribution in [0.25, 0.3) is 0 Å². The molecule has 1 unspecified atom stereocenters. The van der Waals surface area contributed by atoms with E-state index in [1.807, 2.05) is 54.6 Å². The van der Waals surface area contributed by atoms with E-state index in [-0.39, 0.29) is 12.4 Å². The van der Waals surface area contributed by atoms with Crippen molar-refractivity contribution in [2.24, 2.45) is 0 Å². The van der Waals surface area contributed by atoms with Crippen molar-refractivity contribution in [3.63, 3.8) is 0 Å². The molecule has 0 radical (unpaired) electrons. The maximum Gasteiger partial charge on any atom is 0.129 e. The summed E-state index contributed by atoms with van der Waals surface area (Å²) in [5, 5.41) is 12.2. The van der Waals surface area contributed by atoms with Gasteiger partial charge < -0.3 is 5.11 Å². The summed E-state index contributed by atoms with van der Waals surface area (Å²) >= 11 is 6.40. The Kier molecular flexibility index (Phi) is 6.49. The highest BCUT2D eigenvalue weighted by Gasteiger charge is 2.35. The minimum Gasteiger partial charge on any atom is -0.379 e. The maximum atomic E-state index is 11.6. The largest absolute Gasteiger partial charge is 0.379 e. The van der Waals surface area contributed by atoms with E-state index < -0.39 is 5.60 Å². The van der Waals surface area contributed by atoms with E-state index in [0.717, 1.165) is 24.2 Å². The van der Waals surface area contributed by atoms with Crippen molar-refractivity contribution in [2.75, 3.05) is 19.6 Å². The highest BCUT2D eigenvalue weighted by molar-refractivity contribution is 6.31. The quantitative estimate of drug-likeness (QED) is 0.877. The van der Waals surface area contributed by atoms with Crippen molar-refractivity contribution in [1.82, 2.24) is 4.90 Å². The van der Waals surface area contributed by atoms with Crippen molar-refractivity contribution >= 4 is 24.0 Å². The van der Waals surface area contributed by atoms with Gasteiger partial charge in [-0.1, -0.05) is 66.6 Å². The summed E-state index contributed by atoms with van der Waals surface area (Å²) in [4.78, 5) is 2.35. The number of β-amino-alcohol motifs (C(OH)–C–C–N with tert-alkyl or cyclic N) is 1. The molecule has 2 aromatic rings. The van der Waals surface area contributed by atoms with E-state index in [9.17, 15) is 5.11 Å². The van der Waals surface area contributed by atoms with Gasteiger partial charge in [0.25, 0.3) is 0 Å². The summed E-state index contributed by atoms with van der Waals surface area (Å²) in [6.45, 7) is 2.67. The Balaban J connectivity index is 0.00000192. The lowest BCUT2D eigenvalue weighted by Gasteiger charge is -2.37. The molecular formula is C19H23Cl2NO. The first kappa shape index (κ1) is 18.3. The number of benzene rings is 2. The van der Waals surface area contributed by atoms with Crippen molar-refractivity contribution in [1.29, 1.82) is 0 Å². The summed E-state index contributed by atoms with van der Waals surface area (Å²) in [7, 11) is 0. The van der Waals surface area contributed by atoms with Gasteiger partial charge in [-0.15, -0.1) is 12.4 Å². The summed E-state index contributed by atoms with van der Waals surface area (Å²) < 4.78 is 0. The number of hydrogen-bond donors (Lipinski definition) is 1. The van der Waals surface area contributed by atoms with Gasteiger partial charge in [0, 0.05) is 17.1 Å². The fourth-order valence-electron chi connectivity index (χ4n) is 3.28. The predicted octanol–water partition coefficient (Wildman–Crippen LogP) is 4.48. The summed E-state index contributed by atoms with van der Waals surface area (Å²) in [6.07, 6.45) is 3.69. The van der Waals surface area contributed by atoms with Gasteiger partial charge in [0.2, 0.25) is 0 Å². The van der Waals surface area contributed by atoms with Crippen LogP contribution in [0.5, 0.6) is 0 Å². The lowest BCUT2D eigenvalue weighted by atomic mass is 9.85. The Morgan fingerprint density at radius 3 is 2.17 bits per heavy atom. The van der Waals surface area contributed by atoms with Gasteiger partial charge in [0.15, 0.2) is 0 Å². The van der Waals surface area contributed by atoms with E-state index in [2.05, 4.69) is 4.90 Å². The monoisotopic (exact) mass is 351 g/mol. The van der Waals surface area contributed by atoms with Crippen LogP contribution in [0.1, 0.15) is 30.4 Å². The molecule has 4 heteroatoms. The van der Waals surface area contributed by atoms with Crippen LogP contribution in [-0.2, 0) is 5.60 Å². The second-order valence-electron chi connectivity index (χ2n) is 6.04. The molecule has 0 aliphatic carbocycles. The van der Waals surface area contributed by atoms with Gasteiger partial charge in [-0.25, -0.2) is 0 Å². The van der Waals surface area contributed by atoms with Crippen molar-refractivity contribution in [2.45, 2.75) is 24.9 Å². The molecular weight excluding hydrogens is 329 g/mol. The Hall–Kier alpha value is -1.06. The van der Waals surface area contributed by atoms with Crippen LogP contribution in [0.4, 0.5) is 0 Å². The number of rotatable bonds is 4. The maximum absolute atomic E-state index is 11.6. The molecule has 1 aliphatic heterocycles. The number of hydrogen-bond acceptors (Lipinski definition) is 2. The third kappa shape index (κ3) is 4.07. The van der Waals surface area contributed by atoms with Gasteiger partial charge >= 0.3 is 0 Å². The number of piperidine rings is 1. The first-order valence-corrected chi connectivity index (χ1v) is 8.33. The molecule has 23 heavy (non-hydrogen) atoms. The van der Waals surface area contributed by atoms with Gasteiger partial charge in [-0.3, -0.25) is 4.90 Å². The molecule has 0 aromatic heterocycles. The van der Waals surface area contributed by atoms with Gasteiger partial charge in [0.05, 0.1) is 0 Å². The summed E-state index contributed by atoms with van der Waals surface area (Å²) in [5.74, 6) is 0. The molecule has 2 aromatic carbocycles. The standard InChI is InChI=1S/C19H22ClNO.ClH/c20-18-12-6-5-11-17(18)19(22,16-9-3-1-4-10-16)15-21-13-7-2-8-14-21;/h1,3-6,9-12,22H,2,7-8,13-15H2;1H. The van der Waals surface area contributed by atoms with Crippen LogP contribution >= 0.6 is 24.0 Å². The molecule has 1 saturated heterocycles. The lowest BCUT2D eigenvalue weighted by Crippen LogP contribution is -2.44. The molecule has 2 nitrogen and oxygen atoms in total. The van der Waals surface area contributed by atoms with Crippen LogP contribution in [0, 0.1) is 0 Å². The highest BCUT2D eigenvalue weighted by Crippen LogP contribution is 2.35. The van der Waals surface area contributed by atoms with Crippen LogP contribution in [0.3, 0.4) is 0 Å². The Bertz CT molecular complexity index is 614. The first-order valence-electron chi connectivity index (χ1n) is 7.95. The third-order valence-corrected chi connectivity index (χ3v) is 4.80. The Labute approximate surface area is 149 Å². The zero-order valence-corrected chi connectivity index (χ0v) is 14.7. The molecule has 1 heterocycles. The summed E-state index contributed by atoms with van der Waals surface area (Å²) in [5.41, 5.74) is 0.610. The molecule has 3 rings (SSSR count).